The molecule has 0 spiro atoms. The smallest absolute Gasteiger partial charge is 0.332 e. The average molecular weight is 409 g/mol. The molecule has 0 aromatic heterocycles. The second kappa shape index (κ2) is 16.2. The van der Waals surface area contributed by atoms with E-state index in [1.165, 1.54) is 12.8 Å². The molecule has 0 aliphatic carbocycles. The third kappa shape index (κ3) is 19.0. The minimum absolute atomic E-state index is 0.325. The van der Waals surface area contributed by atoms with Crippen LogP contribution in [0.25, 0.3) is 0 Å². The lowest BCUT2D eigenvalue weighted by Crippen LogP contribution is -2.40. The Labute approximate surface area is 166 Å². The van der Waals surface area contributed by atoms with E-state index in [1.54, 1.807) is 0 Å². The zero-order valence-corrected chi connectivity index (χ0v) is 21.4. The van der Waals surface area contributed by atoms with Crippen molar-refractivity contribution in [1.29, 1.82) is 0 Å². The predicted molar refractivity (Wildman–Crippen MR) is 118 cm³/mol. The largest absolute Gasteiger partial charge is 0.395 e. The molecule has 2 unspecified atom stereocenters. The molecule has 0 aliphatic rings. The van der Waals surface area contributed by atoms with Gasteiger partial charge in [-0.05, 0) is 65.7 Å². The van der Waals surface area contributed by atoms with E-state index in [0.29, 0.717) is 12.2 Å². The van der Waals surface area contributed by atoms with Crippen molar-refractivity contribution in [3.8, 4) is 0 Å². The summed E-state index contributed by atoms with van der Waals surface area (Å²) in [4.78, 5) is 0. The Bertz CT molecular complexity index is 286. The van der Waals surface area contributed by atoms with Crippen LogP contribution in [0.1, 0.15) is 80.1 Å². The Morgan fingerprint density at radius 3 is 1.23 bits per heavy atom. The predicted octanol–water partition coefficient (Wildman–Crippen LogP) is 6.64. The van der Waals surface area contributed by atoms with Crippen LogP contribution in [0.3, 0.4) is 0 Å². The SMILES string of the molecule is CCC(C)O[Si](C)(C)OC(C)CC.CCCCO[Si](C)(C)OCCCC. The molecule has 0 N–H and O–H groups in total. The van der Waals surface area contributed by atoms with Crippen molar-refractivity contribution in [3.05, 3.63) is 0 Å². The van der Waals surface area contributed by atoms with Crippen molar-refractivity contribution in [2.24, 2.45) is 0 Å². The van der Waals surface area contributed by atoms with Gasteiger partial charge in [0, 0.05) is 25.4 Å². The van der Waals surface area contributed by atoms with E-state index in [1.807, 2.05) is 0 Å². The van der Waals surface area contributed by atoms with Gasteiger partial charge < -0.3 is 17.7 Å². The van der Waals surface area contributed by atoms with E-state index in [4.69, 9.17) is 17.7 Å². The van der Waals surface area contributed by atoms with Crippen molar-refractivity contribution in [3.63, 3.8) is 0 Å². The van der Waals surface area contributed by atoms with Crippen LogP contribution in [0.2, 0.25) is 26.2 Å². The first-order valence-electron chi connectivity index (χ1n) is 10.7. The van der Waals surface area contributed by atoms with Gasteiger partial charge >= 0.3 is 17.1 Å². The molecule has 26 heavy (non-hydrogen) atoms. The van der Waals surface area contributed by atoms with E-state index in [-0.39, 0.29) is 0 Å². The van der Waals surface area contributed by atoms with Gasteiger partial charge in [0.1, 0.15) is 0 Å². The van der Waals surface area contributed by atoms with Crippen molar-refractivity contribution in [1.82, 2.24) is 0 Å². The van der Waals surface area contributed by atoms with Gasteiger partial charge in [-0.1, -0.05) is 40.5 Å². The van der Waals surface area contributed by atoms with Crippen LogP contribution in [0, 0.1) is 0 Å². The Morgan fingerprint density at radius 2 is 0.962 bits per heavy atom. The normalized spacial score (nSPS) is 14.5. The first-order valence-corrected chi connectivity index (χ1v) is 16.3. The highest BCUT2D eigenvalue weighted by Gasteiger charge is 2.28. The highest BCUT2D eigenvalue weighted by atomic mass is 28.4. The molecular weight excluding hydrogens is 360 g/mol. The van der Waals surface area contributed by atoms with Crippen LogP contribution in [0.15, 0.2) is 0 Å². The van der Waals surface area contributed by atoms with Crippen molar-refractivity contribution < 1.29 is 17.7 Å². The van der Waals surface area contributed by atoms with Crippen LogP contribution < -0.4 is 0 Å². The summed E-state index contributed by atoms with van der Waals surface area (Å²) in [7, 11) is -3.65. The first-order chi connectivity index (χ1) is 12.0. The molecule has 160 valence electrons. The number of hydrogen-bond donors (Lipinski definition) is 0. The van der Waals surface area contributed by atoms with Crippen molar-refractivity contribution in [2.45, 2.75) is 118 Å². The van der Waals surface area contributed by atoms with Gasteiger partial charge in [-0.25, -0.2) is 0 Å². The molecule has 0 saturated heterocycles. The quantitative estimate of drug-likeness (QED) is 0.238. The lowest BCUT2D eigenvalue weighted by molar-refractivity contribution is 0.0960. The van der Waals surface area contributed by atoms with Crippen LogP contribution in [-0.2, 0) is 17.7 Å². The Hall–Kier alpha value is 0.274. The van der Waals surface area contributed by atoms with Gasteiger partial charge in [0.2, 0.25) is 0 Å². The van der Waals surface area contributed by atoms with Gasteiger partial charge in [-0.15, -0.1) is 0 Å². The summed E-state index contributed by atoms with van der Waals surface area (Å²) in [6.45, 7) is 23.0. The van der Waals surface area contributed by atoms with E-state index >= 15 is 0 Å². The zero-order valence-electron chi connectivity index (χ0n) is 19.4. The number of rotatable bonds is 14. The molecule has 0 aromatic carbocycles. The third-order valence-corrected chi connectivity index (χ3v) is 7.75. The van der Waals surface area contributed by atoms with Gasteiger partial charge in [-0.3, -0.25) is 0 Å². The fourth-order valence-electron chi connectivity index (χ4n) is 2.13. The lowest BCUT2D eigenvalue weighted by Gasteiger charge is -2.29. The first kappa shape index (κ1) is 28.5. The Morgan fingerprint density at radius 1 is 0.615 bits per heavy atom. The maximum absolute atomic E-state index is 5.88. The van der Waals surface area contributed by atoms with E-state index in [0.717, 1.165) is 38.9 Å². The van der Waals surface area contributed by atoms with Gasteiger partial charge in [0.25, 0.3) is 0 Å². The summed E-state index contributed by atoms with van der Waals surface area (Å²) in [5.41, 5.74) is 0. The van der Waals surface area contributed by atoms with Crippen molar-refractivity contribution >= 4 is 17.1 Å². The molecule has 0 radical (unpaired) electrons. The van der Waals surface area contributed by atoms with Gasteiger partial charge in [-0.2, -0.15) is 0 Å². The molecular formula is C20H48O4Si2. The summed E-state index contributed by atoms with van der Waals surface area (Å²) in [5, 5.41) is 0. The lowest BCUT2D eigenvalue weighted by atomic mass is 10.3. The molecule has 0 saturated carbocycles. The molecule has 0 aliphatic heterocycles. The minimum Gasteiger partial charge on any atom is -0.395 e. The summed E-state index contributed by atoms with van der Waals surface area (Å²) >= 11 is 0. The summed E-state index contributed by atoms with van der Waals surface area (Å²) < 4.78 is 23.2. The van der Waals surface area contributed by atoms with Crippen LogP contribution in [0.5, 0.6) is 0 Å². The van der Waals surface area contributed by atoms with Crippen LogP contribution >= 0.6 is 0 Å². The Balaban J connectivity index is 0. The molecule has 0 heterocycles. The summed E-state index contributed by atoms with van der Waals surface area (Å²) in [5.74, 6) is 0. The van der Waals surface area contributed by atoms with E-state index in [2.05, 4.69) is 67.7 Å². The maximum Gasteiger partial charge on any atom is 0.332 e. The second-order valence-corrected chi connectivity index (χ2v) is 14.5. The molecule has 0 amide bonds. The molecule has 6 heteroatoms. The zero-order chi connectivity index (χ0) is 20.6. The standard InChI is InChI=1S/2C10H24O2Si/c1-7-9(3)11-13(5,6)12-10(4)8-2;1-5-7-9-11-13(3,4)12-10-8-6-2/h9-10H,7-8H2,1-6H3;5-10H2,1-4H3. The second-order valence-electron chi connectivity index (χ2n) is 7.88. The minimum atomic E-state index is -1.87. The molecule has 0 fully saturated rings. The summed E-state index contributed by atoms with van der Waals surface area (Å²) in [6, 6.07) is 0. The molecule has 2 atom stereocenters. The highest BCUT2D eigenvalue weighted by Crippen LogP contribution is 2.15. The number of hydrogen-bond acceptors (Lipinski definition) is 4. The maximum atomic E-state index is 5.88. The molecule has 0 rings (SSSR count). The highest BCUT2D eigenvalue weighted by molar-refractivity contribution is 6.64. The average Bonchev–Trinajstić information content (AvgIpc) is 2.54. The fourth-order valence-corrected chi connectivity index (χ4v) is 5.81. The molecule has 0 bridgehead atoms. The Kier molecular flexibility index (Phi) is 17.8. The van der Waals surface area contributed by atoms with Gasteiger partial charge in [0.15, 0.2) is 0 Å². The van der Waals surface area contributed by atoms with E-state index in [9.17, 15) is 0 Å². The van der Waals surface area contributed by atoms with Crippen LogP contribution in [-0.4, -0.2) is 42.5 Å². The summed E-state index contributed by atoms with van der Waals surface area (Å²) in [6.07, 6.45) is 7.44. The van der Waals surface area contributed by atoms with Gasteiger partial charge in [0.05, 0.1) is 0 Å². The third-order valence-electron chi connectivity index (χ3n) is 4.01. The molecule has 4 nitrogen and oxygen atoms in total. The van der Waals surface area contributed by atoms with E-state index < -0.39 is 17.1 Å². The fraction of sp³-hybridized carbons (Fsp3) is 1.00. The number of unbranched alkanes of at least 4 members (excludes halogenated alkanes) is 2. The van der Waals surface area contributed by atoms with Crippen molar-refractivity contribution in [2.75, 3.05) is 13.2 Å². The monoisotopic (exact) mass is 408 g/mol. The molecule has 0 aromatic rings. The van der Waals surface area contributed by atoms with Crippen LogP contribution in [0.4, 0.5) is 0 Å². The topological polar surface area (TPSA) is 36.9 Å².